The van der Waals surface area contributed by atoms with E-state index in [1.807, 2.05) is 0 Å². The molecule has 1 atom stereocenters. The fourth-order valence-corrected chi connectivity index (χ4v) is 6.35. The molecule has 1 fully saturated rings. The number of amides is 2. The Labute approximate surface area is 222 Å². The van der Waals surface area contributed by atoms with E-state index in [9.17, 15) is 36.3 Å². The van der Waals surface area contributed by atoms with Crippen LogP contribution in [0.3, 0.4) is 0 Å². The summed E-state index contributed by atoms with van der Waals surface area (Å²) in [6.45, 7) is 0.333. The molecule has 16 heteroatoms. The maximum Gasteiger partial charge on any atom is 0.490 e. The smallest absolute Gasteiger partial charge is 0.490 e. The number of fused-ring (bicyclic) bond motifs is 1. The Bertz CT molecular complexity index is 1510. The van der Waals surface area contributed by atoms with E-state index >= 15 is 0 Å². The van der Waals surface area contributed by atoms with Crippen molar-refractivity contribution in [3.05, 3.63) is 58.6 Å². The van der Waals surface area contributed by atoms with E-state index in [1.165, 1.54) is 23.1 Å². The summed E-state index contributed by atoms with van der Waals surface area (Å²) in [5.74, 6) is -3.89. The van der Waals surface area contributed by atoms with Crippen molar-refractivity contribution in [1.29, 1.82) is 0 Å². The Morgan fingerprint density at radius 3 is 2.45 bits per heavy atom. The molecule has 10 nitrogen and oxygen atoms in total. The summed E-state index contributed by atoms with van der Waals surface area (Å²) >= 11 is 7.04. The van der Waals surface area contributed by atoms with Gasteiger partial charge in [0, 0.05) is 33.9 Å². The zero-order valence-corrected chi connectivity index (χ0v) is 21.4. The summed E-state index contributed by atoms with van der Waals surface area (Å²) < 4.78 is 60.7. The number of carboxylic acid groups (broad SMARTS) is 1. The molecule has 1 saturated heterocycles. The summed E-state index contributed by atoms with van der Waals surface area (Å²) in [4.78, 5) is 34.5. The molecule has 38 heavy (non-hydrogen) atoms. The van der Waals surface area contributed by atoms with Crippen LogP contribution in [0.5, 0.6) is 5.75 Å². The predicted molar refractivity (Wildman–Crippen MR) is 131 cm³/mol. The third-order valence-electron chi connectivity index (χ3n) is 5.29. The van der Waals surface area contributed by atoms with Gasteiger partial charge < -0.3 is 20.8 Å². The minimum absolute atomic E-state index is 0.0331. The second kappa shape index (κ2) is 11.1. The van der Waals surface area contributed by atoms with Gasteiger partial charge in [-0.1, -0.05) is 17.7 Å². The fourth-order valence-electron chi connectivity index (χ4n) is 3.43. The molecule has 2 aromatic carbocycles. The van der Waals surface area contributed by atoms with Gasteiger partial charge in [0.2, 0.25) is 11.8 Å². The van der Waals surface area contributed by atoms with E-state index in [2.05, 4.69) is 4.72 Å². The number of aliphatic carboxylic acids is 1. The van der Waals surface area contributed by atoms with Gasteiger partial charge in [-0.25, -0.2) is 13.2 Å². The number of phenolic OH excluding ortho intramolecular Hbond substituents is 1. The summed E-state index contributed by atoms with van der Waals surface area (Å²) in [6, 6.07) is 9.89. The number of nitrogens with two attached hydrogens (primary N) is 1. The normalized spacial score (nSPS) is 15.8. The van der Waals surface area contributed by atoms with Gasteiger partial charge in [-0.05, 0) is 48.2 Å². The van der Waals surface area contributed by atoms with E-state index in [-0.39, 0.29) is 28.5 Å². The number of rotatable bonds is 6. The Kier molecular flexibility index (Phi) is 8.55. The van der Waals surface area contributed by atoms with Crippen LogP contribution in [0.15, 0.2) is 46.7 Å². The van der Waals surface area contributed by atoms with Crippen molar-refractivity contribution >= 4 is 60.8 Å². The minimum Gasteiger partial charge on any atom is -0.508 e. The lowest BCUT2D eigenvalue weighted by molar-refractivity contribution is -0.192. The molecule has 0 unspecified atom stereocenters. The van der Waals surface area contributed by atoms with Crippen LogP contribution < -0.4 is 10.5 Å². The van der Waals surface area contributed by atoms with Crippen LogP contribution in [0.2, 0.25) is 5.02 Å². The van der Waals surface area contributed by atoms with Gasteiger partial charge in [0.05, 0.1) is 0 Å². The number of hydrogen-bond donors (Lipinski definition) is 4. The Balaban J connectivity index is 0.000000505. The third kappa shape index (κ3) is 6.92. The number of phenols is 1. The highest BCUT2D eigenvalue weighted by molar-refractivity contribution is 7.91. The number of primary amides is 1. The van der Waals surface area contributed by atoms with E-state index < -0.39 is 40.0 Å². The zero-order chi connectivity index (χ0) is 28.4. The minimum atomic E-state index is -5.08. The van der Waals surface area contributed by atoms with E-state index in [0.717, 1.165) is 21.4 Å². The second-order valence-corrected chi connectivity index (χ2v) is 11.4. The van der Waals surface area contributed by atoms with Gasteiger partial charge in [-0.2, -0.15) is 17.9 Å². The van der Waals surface area contributed by atoms with Crippen molar-refractivity contribution in [1.82, 2.24) is 9.62 Å². The molecule has 5 N–H and O–H groups in total. The summed E-state index contributed by atoms with van der Waals surface area (Å²) in [6.07, 6.45) is -4.80. The number of nitrogens with one attached hydrogen (secondary N) is 1. The number of sulfonamides is 1. The predicted octanol–water partition coefficient (Wildman–Crippen LogP) is 3.07. The van der Waals surface area contributed by atoms with E-state index in [1.54, 1.807) is 24.3 Å². The maximum absolute atomic E-state index is 12.8. The topological polar surface area (TPSA) is 167 Å². The number of nitrogens with zero attached hydrogens (tertiary/aromatic N) is 1. The number of carboxylic acids is 1. The number of carbonyl (C=O) groups excluding carboxylic acids is 2. The highest BCUT2D eigenvalue weighted by atomic mass is 35.5. The van der Waals surface area contributed by atoms with Crippen LogP contribution in [-0.4, -0.2) is 60.1 Å². The first-order valence-corrected chi connectivity index (χ1v) is 13.2. The summed E-state index contributed by atoms with van der Waals surface area (Å²) in [5, 5.41) is 18.4. The van der Waals surface area contributed by atoms with Crippen molar-refractivity contribution in [2.24, 2.45) is 5.73 Å². The lowest BCUT2D eigenvalue weighted by Gasteiger charge is -2.18. The first-order valence-electron chi connectivity index (χ1n) is 10.5. The molecule has 2 amide bonds. The Morgan fingerprint density at radius 2 is 1.84 bits per heavy atom. The highest BCUT2D eigenvalue weighted by Crippen LogP contribution is 2.31. The molecule has 1 aliphatic heterocycles. The van der Waals surface area contributed by atoms with Crippen LogP contribution >= 0.6 is 22.9 Å². The molecule has 0 saturated carbocycles. The van der Waals surface area contributed by atoms with E-state index in [0.29, 0.717) is 17.1 Å². The van der Waals surface area contributed by atoms with Gasteiger partial charge in [0.25, 0.3) is 10.0 Å². The van der Waals surface area contributed by atoms with Gasteiger partial charge in [0.1, 0.15) is 16.0 Å². The molecule has 1 aliphatic rings. The van der Waals surface area contributed by atoms with Crippen molar-refractivity contribution < 1.29 is 46.2 Å². The first-order chi connectivity index (χ1) is 17.6. The summed E-state index contributed by atoms with van der Waals surface area (Å²) in [5.41, 5.74) is 5.83. The van der Waals surface area contributed by atoms with Gasteiger partial charge in [-0.15, -0.1) is 11.3 Å². The molecule has 2 heterocycles. The Morgan fingerprint density at radius 1 is 1.18 bits per heavy atom. The van der Waals surface area contributed by atoms with Crippen LogP contribution in [0.1, 0.15) is 22.3 Å². The van der Waals surface area contributed by atoms with Crippen LogP contribution in [0.25, 0.3) is 10.1 Å². The quantitative estimate of drug-likeness (QED) is 0.341. The fraction of sp³-hybridized carbons (Fsp3) is 0.227. The number of thiophene rings is 1. The SMILES string of the molecule is NC(=O)c1ccc(O)c(CN2CC[C@H](NS(=O)(=O)c3cc4ccc(Cl)cc4s3)C2=O)c1.O=C(O)C(F)(F)F. The number of hydrogen-bond acceptors (Lipinski definition) is 7. The average Bonchev–Trinajstić information content (AvgIpc) is 3.39. The Hall–Kier alpha value is -3.40. The van der Waals surface area contributed by atoms with Crippen molar-refractivity contribution in [2.75, 3.05) is 6.54 Å². The monoisotopic (exact) mass is 593 g/mol. The molecule has 0 radical (unpaired) electrons. The highest BCUT2D eigenvalue weighted by Gasteiger charge is 2.38. The molecule has 0 aliphatic carbocycles. The number of likely N-dealkylation sites (tertiary alicyclic amines) is 1. The maximum atomic E-state index is 12.8. The molecule has 1 aromatic heterocycles. The molecule has 0 spiro atoms. The van der Waals surface area contributed by atoms with Gasteiger partial charge >= 0.3 is 12.1 Å². The number of benzene rings is 2. The van der Waals surface area contributed by atoms with Crippen LogP contribution in [0, 0.1) is 0 Å². The zero-order valence-electron chi connectivity index (χ0n) is 19.0. The van der Waals surface area contributed by atoms with Gasteiger partial charge in [0.15, 0.2) is 0 Å². The number of aromatic hydroxyl groups is 1. The largest absolute Gasteiger partial charge is 0.508 e. The average molecular weight is 594 g/mol. The molecular formula is C22H19ClF3N3O7S2. The van der Waals surface area contributed by atoms with Crippen molar-refractivity contribution in [3.63, 3.8) is 0 Å². The third-order valence-corrected chi connectivity index (χ3v) is 8.57. The molecule has 0 bridgehead atoms. The van der Waals surface area contributed by atoms with Crippen LogP contribution in [0.4, 0.5) is 13.2 Å². The number of halogens is 4. The molecule has 204 valence electrons. The standard InChI is InChI=1S/C20H18ClN3O5S2.C2HF3O2/c21-14-3-1-11-8-18(30-17(11)9-14)31(28,29)23-15-5-6-24(20(15)27)10-13-7-12(19(22)26)2-4-16(13)25;3-2(4,5)1(6)7/h1-4,7-9,15,23,25H,5-6,10H2,(H2,22,26);(H,6,7)/t15-;/m0./s1. The molecule has 3 aromatic rings. The molecular weight excluding hydrogens is 575 g/mol. The molecule has 4 rings (SSSR count). The second-order valence-electron chi connectivity index (χ2n) is 7.98. The number of alkyl halides is 3. The van der Waals surface area contributed by atoms with Crippen molar-refractivity contribution in [2.45, 2.75) is 29.4 Å². The van der Waals surface area contributed by atoms with Crippen molar-refractivity contribution in [3.8, 4) is 5.75 Å². The summed E-state index contributed by atoms with van der Waals surface area (Å²) in [7, 11) is -3.91. The van der Waals surface area contributed by atoms with Crippen LogP contribution in [-0.2, 0) is 26.2 Å². The first kappa shape index (κ1) is 29.2. The van der Waals surface area contributed by atoms with Gasteiger partial charge in [-0.3, -0.25) is 9.59 Å². The lowest BCUT2D eigenvalue weighted by atomic mass is 10.1. The number of carbonyl (C=O) groups is 3. The lowest BCUT2D eigenvalue weighted by Crippen LogP contribution is -2.41. The van der Waals surface area contributed by atoms with E-state index in [4.69, 9.17) is 27.2 Å².